The first kappa shape index (κ1) is 14.1. The molecule has 0 fully saturated rings. The van der Waals surface area contributed by atoms with Crippen LogP contribution in [0, 0.1) is 6.92 Å². The third-order valence-electron chi connectivity index (χ3n) is 3.53. The van der Waals surface area contributed by atoms with Gasteiger partial charge >= 0.3 is 0 Å². The molecule has 3 nitrogen and oxygen atoms in total. The van der Waals surface area contributed by atoms with E-state index in [2.05, 4.69) is 5.10 Å². The molecule has 0 unspecified atom stereocenters. The molecule has 0 saturated heterocycles. The minimum absolute atomic E-state index is 0.126. The van der Waals surface area contributed by atoms with Crippen LogP contribution in [0.4, 0.5) is 0 Å². The molecule has 106 valence electrons. The molecule has 0 aliphatic rings. The highest BCUT2D eigenvalue weighted by atomic mass is 35.5. The van der Waals surface area contributed by atoms with Crippen LogP contribution < -0.4 is 5.56 Å². The largest absolute Gasteiger partial charge is 0.276 e. The highest BCUT2D eigenvalue weighted by Gasteiger charge is 2.18. The average molecular weight is 319 g/mol. The van der Waals surface area contributed by atoms with Crippen LogP contribution in [0.3, 0.4) is 0 Å². The second-order valence-corrected chi connectivity index (χ2v) is 5.62. The number of nitrogens with zero attached hydrogens (tertiary/aromatic N) is 2. The van der Waals surface area contributed by atoms with Crippen molar-refractivity contribution in [3.8, 4) is 11.1 Å². The average Bonchev–Trinajstić information content (AvgIpc) is 2.47. The van der Waals surface area contributed by atoms with Crippen molar-refractivity contribution in [3.63, 3.8) is 0 Å². The fourth-order valence-corrected chi connectivity index (χ4v) is 2.93. The zero-order valence-corrected chi connectivity index (χ0v) is 13.0. The quantitative estimate of drug-likeness (QED) is 0.673. The summed E-state index contributed by atoms with van der Waals surface area (Å²) in [7, 11) is 1.56. The number of aryl methyl sites for hydroxylation is 2. The lowest BCUT2D eigenvalue weighted by Gasteiger charge is -2.13. The molecule has 3 rings (SSSR count). The van der Waals surface area contributed by atoms with Gasteiger partial charge in [0.25, 0.3) is 5.56 Å². The number of hydrogen-bond acceptors (Lipinski definition) is 2. The summed E-state index contributed by atoms with van der Waals surface area (Å²) in [5, 5.41) is 6.24. The molecule has 0 saturated carbocycles. The van der Waals surface area contributed by atoms with Crippen LogP contribution in [-0.2, 0) is 7.05 Å². The number of rotatable bonds is 1. The molecular formula is C16H12Cl2N2O. The molecule has 0 N–H and O–H groups in total. The van der Waals surface area contributed by atoms with E-state index in [1.165, 1.54) is 4.68 Å². The van der Waals surface area contributed by atoms with Gasteiger partial charge in [0.1, 0.15) is 0 Å². The third kappa shape index (κ3) is 2.23. The highest BCUT2D eigenvalue weighted by molar-refractivity contribution is 6.43. The van der Waals surface area contributed by atoms with Crippen molar-refractivity contribution in [2.45, 2.75) is 6.92 Å². The summed E-state index contributed by atoms with van der Waals surface area (Å²) >= 11 is 12.3. The van der Waals surface area contributed by atoms with Crippen molar-refractivity contribution in [2.75, 3.05) is 0 Å². The van der Waals surface area contributed by atoms with Crippen LogP contribution >= 0.6 is 23.2 Å². The summed E-state index contributed by atoms with van der Waals surface area (Å²) in [4.78, 5) is 12.5. The van der Waals surface area contributed by atoms with Gasteiger partial charge in [0, 0.05) is 7.05 Å². The van der Waals surface area contributed by atoms with Crippen molar-refractivity contribution < 1.29 is 0 Å². The molecule has 0 atom stereocenters. The van der Waals surface area contributed by atoms with Crippen molar-refractivity contribution >= 4 is 34.0 Å². The Labute approximate surface area is 131 Å². The van der Waals surface area contributed by atoms with E-state index < -0.39 is 0 Å². The van der Waals surface area contributed by atoms with Gasteiger partial charge < -0.3 is 0 Å². The SMILES string of the molecule is Cc1ccc2ccccc2c1-c1c(Cl)c(Cl)nn(C)c1=O. The van der Waals surface area contributed by atoms with Crippen LogP contribution in [-0.4, -0.2) is 9.78 Å². The minimum atomic E-state index is -0.260. The summed E-state index contributed by atoms with van der Waals surface area (Å²) in [6.45, 7) is 1.95. The van der Waals surface area contributed by atoms with Crippen LogP contribution in [0.1, 0.15) is 5.56 Å². The second kappa shape index (κ2) is 5.17. The minimum Gasteiger partial charge on any atom is -0.267 e. The van der Waals surface area contributed by atoms with E-state index in [-0.39, 0.29) is 15.7 Å². The van der Waals surface area contributed by atoms with E-state index in [0.717, 1.165) is 21.9 Å². The standard InChI is InChI=1S/C16H12Cl2N2O/c1-9-7-8-10-5-3-4-6-11(10)12(9)13-14(17)15(18)19-20(2)16(13)21/h3-8H,1-2H3. The summed E-state index contributed by atoms with van der Waals surface area (Å²) in [6.07, 6.45) is 0. The van der Waals surface area contributed by atoms with E-state index in [1.54, 1.807) is 7.05 Å². The Morgan fingerprint density at radius 3 is 2.52 bits per heavy atom. The monoisotopic (exact) mass is 318 g/mol. The first-order valence-corrected chi connectivity index (χ1v) is 7.17. The number of benzene rings is 2. The van der Waals surface area contributed by atoms with E-state index >= 15 is 0 Å². The van der Waals surface area contributed by atoms with Gasteiger partial charge in [0.05, 0.1) is 10.6 Å². The maximum atomic E-state index is 12.5. The number of halogens is 2. The predicted octanol–water partition coefficient (Wildman–Crippen LogP) is 4.22. The molecule has 0 radical (unpaired) electrons. The molecule has 0 amide bonds. The van der Waals surface area contributed by atoms with Gasteiger partial charge in [-0.15, -0.1) is 0 Å². The van der Waals surface area contributed by atoms with Crippen molar-refractivity contribution in [2.24, 2.45) is 7.05 Å². The smallest absolute Gasteiger partial charge is 0.267 e. The van der Waals surface area contributed by atoms with Crippen LogP contribution in [0.15, 0.2) is 41.2 Å². The normalized spacial score (nSPS) is 11.0. The van der Waals surface area contributed by atoms with E-state index in [1.807, 2.05) is 43.3 Å². The molecule has 0 aliphatic carbocycles. The Morgan fingerprint density at radius 2 is 1.76 bits per heavy atom. The fourth-order valence-electron chi connectivity index (χ4n) is 2.51. The highest BCUT2D eigenvalue weighted by Crippen LogP contribution is 2.35. The fraction of sp³-hybridized carbons (Fsp3) is 0.125. The topological polar surface area (TPSA) is 34.9 Å². The lowest BCUT2D eigenvalue weighted by Crippen LogP contribution is -2.22. The Hall–Kier alpha value is -1.84. The molecule has 0 spiro atoms. The van der Waals surface area contributed by atoms with Crippen molar-refractivity contribution in [1.29, 1.82) is 0 Å². The van der Waals surface area contributed by atoms with E-state index in [9.17, 15) is 4.79 Å². The van der Waals surface area contributed by atoms with Gasteiger partial charge in [-0.2, -0.15) is 5.10 Å². The van der Waals surface area contributed by atoms with Crippen molar-refractivity contribution in [1.82, 2.24) is 9.78 Å². The Bertz CT molecular complexity index is 916. The molecule has 0 aliphatic heterocycles. The second-order valence-electron chi connectivity index (χ2n) is 4.89. The lowest BCUT2D eigenvalue weighted by atomic mass is 9.95. The summed E-state index contributed by atoms with van der Waals surface area (Å²) in [5.74, 6) is 0. The zero-order chi connectivity index (χ0) is 15.1. The first-order valence-electron chi connectivity index (χ1n) is 6.41. The first-order chi connectivity index (χ1) is 10.0. The molecule has 21 heavy (non-hydrogen) atoms. The lowest BCUT2D eigenvalue weighted by molar-refractivity contribution is 0.710. The molecule has 3 aromatic rings. The van der Waals surface area contributed by atoms with Gasteiger partial charge in [-0.25, -0.2) is 4.68 Å². The van der Waals surface area contributed by atoms with Gasteiger partial charge in [-0.1, -0.05) is 59.6 Å². The molecule has 1 aromatic heterocycles. The maximum Gasteiger partial charge on any atom is 0.276 e. The summed E-state index contributed by atoms with van der Waals surface area (Å²) in [6, 6.07) is 11.9. The molecule has 5 heteroatoms. The number of hydrogen-bond donors (Lipinski definition) is 0. The van der Waals surface area contributed by atoms with E-state index in [4.69, 9.17) is 23.2 Å². The zero-order valence-electron chi connectivity index (χ0n) is 11.5. The number of fused-ring (bicyclic) bond motifs is 1. The van der Waals surface area contributed by atoms with Crippen LogP contribution in [0.5, 0.6) is 0 Å². The van der Waals surface area contributed by atoms with Gasteiger partial charge in [0.2, 0.25) is 0 Å². The maximum absolute atomic E-state index is 12.5. The Morgan fingerprint density at radius 1 is 1.05 bits per heavy atom. The molecular weight excluding hydrogens is 307 g/mol. The Balaban J connectivity index is 2.53. The summed E-state index contributed by atoms with van der Waals surface area (Å²) in [5.41, 5.74) is 1.91. The van der Waals surface area contributed by atoms with Crippen LogP contribution in [0.2, 0.25) is 10.2 Å². The molecule has 2 aromatic carbocycles. The van der Waals surface area contributed by atoms with E-state index in [0.29, 0.717) is 5.56 Å². The number of aromatic nitrogens is 2. The summed E-state index contributed by atoms with van der Waals surface area (Å²) < 4.78 is 1.21. The molecule has 0 bridgehead atoms. The van der Waals surface area contributed by atoms with Crippen molar-refractivity contribution in [3.05, 3.63) is 62.5 Å². The van der Waals surface area contributed by atoms with Gasteiger partial charge in [-0.05, 0) is 28.8 Å². The van der Waals surface area contributed by atoms with Gasteiger partial charge in [-0.3, -0.25) is 4.79 Å². The Kier molecular flexibility index (Phi) is 3.47. The predicted molar refractivity (Wildman–Crippen MR) is 87.2 cm³/mol. The third-order valence-corrected chi connectivity index (χ3v) is 4.26. The van der Waals surface area contributed by atoms with Crippen LogP contribution in [0.25, 0.3) is 21.9 Å². The molecule has 1 heterocycles. The van der Waals surface area contributed by atoms with Gasteiger partial charge in [0.15, 0.2) is 5.15 Å².